The average Bonchev–Trinajstić information content (AvgIpc) is 2.97. The van der Waals surface area contributed by atoms with Crippen molar-refractivity contribution in [3.8, 4) is 0 Å². The maximum atomic E-state index is 12.7. The molecular formula is C22H30BrN3OS. The van der Waals surface area contributed by atoms with Gasteiger partial charge in [-0.05, 0) is 71.5 Å². The Morgan fingerprint density at radius 2 is 1.71 bits per heavy atom. The van der Waals surface area contributed by atoms with E-state index in [0.29, 0.717) is 6.54 Å². The van der Waals surface area contributed by atoms with Gasteiger partial charge < -0.3 is 5.32 Å². The average molecular weight is 464 g/mol. The van der Waals surface area contributed by atoms with E-state index in [4.69, 9.17) is 0 Å². The summed E-state index contributed by atoms with van der Waals surface area (Å²) >= 11 is 5.35. The normalized spacial score (nSPS) is 16.1. The summed E-state index contributed by atoms with van der Waals surface area (Å²) in [6, 6.07) is 10.6. The van der Waals surface area contributed by atoms with E-state index in [9.17, 15) is 4.79 Å². The number of benzene rings is 1. The van der Waals surface area contributed by atoms with Gasteiger partial charge in [0.1, 0.15) is 0 Å². The fraction of sp³-hybridized carbons (Fsp3) is 0.500. The van der Waals surface area contributed by atoms with Gasteiger partial charge in [-0.1, -0.05) is 32.0 Å². The first kappa shape index (κ1) is 21.5. The number of carbonyl (C=O) groups is 1. The third kappa shape index (κ3) is 5.89. The number of hydrogen-bond acceptors (Lipinski definition) is 4. The van der Waals surface area contributed by atoms with Crippen LogP contribution in [0.2, 0.25) is 0 Å². The summed E-state index contributed by atoms with van der Waals surface area (Å²) in [6.07, 6.45) is 2.97. The monoisotopic (exact) mass is 463 g/mol. The zero-order chi connectivity index (χ0) is 19.9. The van der Waals surface area contributed by atoms with Crippen LogP contribution in [0.15, 0.2) is 34.1 Å². The van der Waals surface area contributed by atoms with Crippen LogP contribution in [-0.4, -0.2) is 48.4 Å². The second-order valence-corrected chi connectivity index (χ2v) is 9.87. The van der Waals surface area contributed by atoms with Gasteiger partial charge in [0, 0.05) is 30.2 Å². The van der Waals surface area contributed by atoms with Crippen molar-refractivity contribution in [2.24, 2.45) is 0 Å². The molecule has 1 aliphatic heterocycles. The highest BCUT2D eigenvalue weighted by molar-refractivity contribution is 9.11. The lowest BCUT2D eigenvalue weighted by Gasteiger charge is -2.22. The fourth-order valence-electron chi connectivity index (χ4n) is 3.78. The van der Waals surface area contributed by atoms with Gasteiger partial charge in [0.15, 0.2) is 0 Å². The van der Waals surface area contributed by atoms with Crippen LogP contribution in [0.25, 0.3) is 0 Å². The second kappa shape index (κ2) is 10.5. The Labute approximate surface area is 181 Å². The highest BCUT2D eigenvalue weighted by Gasteiger charge is 2.18. The SMILES string of the molecule is CCc1cccc(CC)c1NC(=O)CN1CCCN(Cc2ccc(Br)s2)CC1. The molecule has 2 heterocycles. The van der Waals surface area contributed by atoms with Crippen molar-refractivity contribution in [2.75, 3.05) is 38.0 Å². The number of thiophene rings is 1. The number of aryl methyl sites for hydroxylation is 2. The van der Waals surface area contributed by atoms with E-state index in [0.717, 1.165) is 57.7 Å². The van der Waals surface area contributed by atoms with Crippen molar-refractivity contribution in [3.05, 3.63) is 50.1 Å². The van der Waals surface area contributed by atoms with Crippen LogP contribution in [0.5, 0.6) is 0 Å². The number of rotatable bonds is 7. The summed E-state index contributed by atoms with van der Waals surface area (Å²) in [7, 11) is 0. The van der Waals surface area contributed by atoms with E-state index in [1.54, 1.807) is 11.3 Å². The molecule has 1 N–H and O–H groups in total. The molecule has 1 aromatic heterocycles. The third-order valence-corrected chi connectivity index (χ3v) is 6.93. The minimum absolute atomic E-state index is 0.103. The first-order valence-corrected chi connectivity index (χ1v) is 11.8. The summed E-state index contributed by atoms with van der Waals surface area (Å²) in [4.78, 5) is 18.9. The minimum Gasteiger partial charge on any atom is -0.324 e. The van der Waals surface area contributed by atoms with Crippen LogP contribution in [-0.2, 0) is 24.2 Å². The van der Waals surface area contributed by atoms with Gasteiger partial charge >= 0.3 is 0 Å². The van der Waals surface area contributed by atoms with Gasteiger partial charge in [0.25, 0.3) is 0 Å². The molecule has 3 rings (SSSR count). The van der Waals surface area contributed by atoms with Gasteiger partial charge in [-0.2, -0.15) is 0 Å². The van der Waals surface area contributed by atoms with Crippen LogP contribution >= 0.6 is 27.3 Å². The van der Waals surface area contributed by atoms with Crippen molar-refractivity contribution >= 4 is 38.9 Å². The molecule has 4 nitrogen and oxygen atoms in total. The summed E-state index contributed by atoms with van der Waals surface area (Å²) in [5.41, 5.74) is 3.46. The quantitative estimate of drug-likeness (QED) is 0.641. The van der Waals surface area contributed by atoms with Crippen LogP contribution in [0.4, 0.5) is 5.69 Å². The van der Waals surface area contributed by atoms with Gasteiger partial charge in [-0.3, -0.25) is 14.6 Å². The van der Waals surface area contributed by atoms with Crippen molar-refractivity contribution in [1.29, 1.82) is 0 Å². The number of anilines is 1. The lowest BCUT2D eigenvalue weighted by Crippen LogP contribution is -2.36. The number of carbonyl (C=O) groups excluding carboxylic acids is 1. The molecule has 28 heavy (non-hydrogen) atoms. The summed E-state index contributed by atoms with van der Waals surface area (Å²) in [5.74, 6) is 0.103. The molecular weight excluding hydrogens is 434 g/mol. The Morgan fingerprint density at radius 3 is 2.36 bits per heavy atom. The molecule has 152 valence electrons. The predicted octanol–water partition coefficient (Wildman–Crippen LogP) is 4.78. The van der Waals surface area contributed by atoms with E-state index in [-0.39, 0.29) is 5.91 Å². The Morgan fingerprint density at radius 1 is 1.04 bits per heavy atom. The number of halogens is 1. The lowest BCUT2D eigenvalue weighted by atomic mass is 10.0. The van der Waals surface area contributed by atoms with Crippen LogP contribution in [0.3, 0.4) is 0 Å². The molecule has 0 unspecified atom stereocenters. The Bertz CT molecular complexity index is 770. The Hall–Kier alpha value is -1.21. The maximum Gasteiger partial charge on any atom is 0.238 e. The first-order chi connectivity index (χ1) is 13.6. The molecule has 0 saturated carbocycles. The summed E-state index contributed by atoms with van der Waals surface area (Å²) in [6.45, 7) is 9.77. The van der Waals surface area contributed by atoms with Crippen LogP contribution < -0.4 is 5.32 Å². The molecule has 1 aliphatic rings. The first-order valence-electron chi connectivity index (χ1n) is 10.2. The number of nitrogens with one attached hydrogen (secondary N) is 1. The van der Waals surface area contributed by atoms with Gasteiger partial charge in [-0.25, -0.2) is 0 Å². The maximum absolute atomic E-state index is 12.7. The van der Waals surface area contributed by atoms with E-state index in [1.807, 2.05) is 0 Å². The Balaban J connectivity index is 1.54. The third-order valence-electron chi connectivity index (χ3n) is 5.32. The molecule has 0 aliphatic carbocycles. The van der Waals surface area contributed by atoms with Crippen molar-refractivity contribution in [1.82, 2.24) is 9.80 Å². The van der Waals surface area contributed by atoms with Gasteiger partial charge in [0.05, 0.1) is 10.3 Å². The minimum atomic E-state index is 0.103. The predicted molar refractivity (Wildman–Crippen MR) is 122 cm³/mol. The fourth-order valence-corrected chi connectivity index (χ4v) is 5.31. The summed E-state index contributed by atoms with van der Waals surface area (Å²) in [5, 5.41) is 3.20. The zero-order valence-corrected chi connectivity index (χ0v) is 19.2. The van der Waals surface area contributed by atoms with Crippen LogP contribution in [0.1, 0.15) is 36.3 Å². The van der Waals surface area contributed by atoms with E-state index in [2.05, 4.69) is 75.2 Å². The zero-order valence-electron chi connectivity index (χ0n) is 16.8. The standard InChI is InChI=1S/C22H30BrN3OS/c1-3-17-7-5-8-18(4-2)22(17)24-21(27)16-26-12-6-11-25(13-14-26)15-19-9-10-20(23)28-19/h5,7-10H,3-4,6,11-16H2,1-2H3,(H,24,27). The highest BCUT2D eigenvalue weighted by Crippen LogP contribution is 2.24. The van der Waals surface area contributed by atoms with Crippen molar-refractivity contribution in [3.63, 3.8) is 0 Å². The molecule has 0 radical (unpaired) electrons. The van der Waals surface area contributed by atoms with Gasteiger partial charge in [0.2, 0.25) is 5.91 Å². The molecule has 1 amide bonds. The molecule has 0 atom stereocenters. The smallest absolute Gasteiger partial charge is 0.238 e. The number of amides is 1. The van der Waals surface area contributed by atoms with E-state index in [1.165, 1.54) is 19.8 Å². The summed E-state index contributed by atoms with van der Waals surface area (Å²) < 4.78 is 1.19. The molecule has 1 aromatic carbocycles. The largest absolute Gasteiger partial charge is 0.324 e. The molecule has 0 bridgehead atoms. The van der Waals surface area contributed by atoms with Crippen molar-refractivity contribution < 1.29 is 4.79 Å². The number of hydrogen-bond donors (Lipinski definition) is 1. The van der Waals surface area contributed by atoms with Gasteiger partial charge in [-0.15, -0.1) is 11.3 Å². The van der Waals surface area contributed by atoms with Crippen molar-refractivity contribution in [2.45, 2.75) is 39.7 Å². The second-order valence-electron chi connectivity index (χ2n) is 7.32. The number of para-hydroxylation sites is 1. The lowest BCUT2D eigenvalue weighted by molar-refractivity contribution is -0.117. The number of nitrogens with zero attached hydrogens (tertiary/aromatic N) is 2. The topological polar surface area (TPSA) is 35.6 Å². The highest BCUT2D eigenvalue weighted by atomic mass is 79.9. The van der Waals surface area contributed by atoms with E-state index >= 15 is 0 Å². The molecule has 1 saturated heterocycles. The Kier molecular flexibility index (Phi) is 8.09. The molecule has 2 aromatic rings. The molecule has 0 spiro atoms. The molecule has 6 heteroatoms. The van der Waals surface area contributed by atoms with Crippen LogP contribution in [0, 0.1) is 0 Å². The molecule has 1 fully saturated rings. The van der Waals surface area contributed by atoms with E-state index < -0.39 is 0 Å².